The third-order valence-electron chi connectivity index (χ3n) is 2.90. The first-order valence-corrected chi connectivity index (χ1v) is 9.11. The van der Waals surface area contributed by atoms with E-state index in [9.17, 15) is 17.0 Å². The van der Waals surface area contributed by atoms with Crippen LogP contribution in [-0.2, 0) is 26.7 Å². The molecule has 1 aromatic carbocycles. The first-order chi connectivity index (χ1) is 8.95. The fourth-order valence-corrected chi connectivity index (χ4v) is 4.83. The highest BCUT2D eigenvalue weighted by atomic mass is 35.5. The maximum atomic E-state index is 13.7. The predicted octanol–water partition coefficient (Wildman–Crippen LogP) is 1.32. The summed E-state index contributed by atoms with van der Waals surface area (Å²) in [6.45, 7) is 0.305. The molecule has 0 saturated carbocycles. The molecule has 0 unspecified atom stereocenters. The van der Waals surface area contributed by atoms with Crippen LogP contribution >= 0.6 is 11.6 Å². The fraction of sp³-hybridized carbons (Fsp3) is 0.455. The highest BCUT2D eigenvalue weighted by molar-refractivity contribution is 7.89. The van der Waals surface area contributed by atoms with Gasteiger partial charge in [-0.3, -0.25) is 4.21 Å². The molecule has 0 bridgehead atoms. The lowest BCUT2D eigenvalue weighted by Crippen LogP contribution is -2.42. The molecule has 2 rings (SSSR count). The first-order valence-electron chi connectivity index (χ1n) is 5.64. The van der Waals surface area contributed by atoms with Crippen molar-refractivity contribution in [2.24, 2.45) is 0 Å². The first kappa shape index (κ1) is 14.9. The molecular formula is C11H13ClFNO3S2. The maximum Gasteiger partial charge on any atom is 0.246 e. The second-order valence-electron chi connectivity index (χ2n) is 4.15. The largest absolute Gasteiger partial charge is 0.259 e. The SMILES string of the molecule is O=S1CCN(S(=O)(=O)c2cc(CCl)ccc2F)CC1. The molecule has 0 radical (unpaired) electrons. The van der Waals surface area contributed by atoms with Crippen LogP contribution in [0.25, 0.3) is 0 Å². The molecule has 0 atom stereocenters. The van der Waals surface area contributed by atoms with Gasteiger partial charge in [-0.1, -0.05) is 6.07 Å². The zero-order valence-electron chi connectivity index (χ0n) is 10.0. The summed E-state index contributed by atoms with van der Waals surface area (Å²) in [6.07, 6.45) is 0. The van der Waals surface area contributed by atoms with Gasteiger partial charge in [-0.25, -0.2) is 12.8 Å². The smallest absolute Gasteiger partial charge is 0.246 e. The number of sulfonamides is 1. The summed E-state index contributed by atoms with van der Waals surface area (Å²) in [5, 5.41) is 0. The van der Waals surface area contributed by atoms with Crippen molar-refractivity contribution < 1.29 is 17.0 Å². The van der Waals surface area contributed by atoms with Gasteiger partial charge in [0.05, 0.1) is 0 Å². The van der Waals surface area contributed by atoms with Crippen LogP contribution in [0.1, 0.15) is 5.56 Å². The average Bonchev–Trinajstić information content (AvgIpc) is 2.39. The Morgan fingerprint density at radius 2 is 1.95 bits per heavy atom. The number of rotatable bonds is 3. The normalized spacial score (nSPS) is 18.6. The van der Waals surface area contributed by atoms with Crippen LogP contribution in [0.4, 0.5) is 4.39 Å². The molecule has 1 aliphatic rings. The Hall–Kier alpha value is -0.500. The Labute approximate surface area is 119 Å². The molecule has 1 saturated heterocycles. The van der Waals surface area contributed by atoms with Crippen LogP contribution in [0.3, 0.4) is 0 Å². The average molecular weight is 326 g/mol. The number of nitrogens with zero attached hydrogens (tertiary/aromatic N) is 1. The Bertz CT molecular complexity index is 596. The standard InChI is InChI=1S/C11H13ClFNO3S2/c12-8-9-1-2-10(13)11(7-9)19(16,17)14-3-5-18(15)6-4-14/h1-2,7H,3-6,8H2. The van der Waals surface area contributed by atoms with Crippen LogP contribution in [0.5, 0.6) is 0 Å². The minimum Gasteiger partial charge on any atom is -0.259 e. The van der Waals surface area contributed by atoms with Gasteiger partial charge in [0.2, 0.25) is 10.0 Å². The van der Waals surface area contributed by atoms with E-state index in [4.69, 9.17) is 11.6 Å². The summed E-state index contributed by atoms with van der Waals surface area (Å²) < 4.78 is 50.8. The van der Waals surface area contributed by atoms with E-state index in [0.717, 1.165) is 6.07 Å². The van der Waals surface area contributed by atoms with Gasteiger partial charge >= 0.3 is 0 Å². The topological polar surface area (TPSA) is 54.5 Å². The van der Waals surface area contributed by atoms with Crippen LogP contribution in [-0.4, -0.2) is 41.5 Å². The van der Waals surface area contributed by atoms with Gasteiger partial charge in [0, 0.05) is 41.3 Å². The third kappa shape index (κ3) is 3.16. The summed E-state index contributed by atoms with van der Waals surface area (Å²) in [5.74, 6) is -0.0978. The highest BCUT2D eigenvalue weighted by Gasteiger charge is 2.30. The summed E-state index contributed by atoms with van der Waals surface area (Å²) in [7, 11) is -4.87. The minimum absolute atomic E-state index is 0.118. The maximum absolute atomic E-state index is 13.7. The lowest BCUT2D eigenvalue weighted by Gasteiger charge is -2.25. The van der Waals surface area contributed by atoms with Crippen molar-refractivity contribution in [3.8, 4) is 0 Å². The summed E-state index contributed by atoms with van der Waals surface area (Å²) in [5.41, 5.74) is 0.544. The molecule has 1 aromatic rings. The van der Waals surface area contributed by atoms with Crippen molar-refractivity contribution >= 4 is 32.4 Å². The van der Waals surface area contributed by atoms with E-state index < -0.39 is 26.6 Å². The van der Waals surface area contributed by atoms with E-state index >= 15 is 0 Å². The van der Waals surface area contributed by atoms with Crippen LogP contribution in [0.15, 0.2) is 23.1 Å². The predicted molar refractivity (Wildman–Crippen MR) is 72.6 cm³/mol. The van der Waals surface area contributed by atoms with E-state index in [1.807, 2.05) is 0 Å². The molecule has 4 nitrogen and oxygen atoms in total. The fourth-order valence-electron chi connectivity index (χ4n) is 1.83. The number of halogens is 2. The van der Waals surface area contributed by atoms with Gasteiger partial charge in [0.25, 0.3) is 0 Å². The lowest BCUT2D eigenvalue weighted by atomic mass is 10.2. The molecule has 0 aliphatic carbocycles. The number of benzene rings is 1. The molecule has 0 amide bonds. The van der Waals surface area contributed by atoms with E-state index in [2.05, 4.69) is 0 Å². The molecule has 106 valence electrons. The third-order valence-corrected chi connectivity index (χ3v) is 6.40. The van der Waals surface area contributed by atoms with Gasteiger partial charge in [-0.05, 0) is 17.7 Å². The Kier molecular flexibility index (Phi) is 4.60. The molecule has 8 heteroatoms. The molecule has 1 aliphatic heterocycles. The molecular weight excluding hydrogens is 313 g/mol. The number of hydrogen-bond donors (Lipinski definition) is 0. The van der Waals surface area contributed by atoms with Crippen molar-refractivity contribution in [1.82, 2.24) is 4.31 Å². The van der Waals surface area contributed by atoms with Crippen LogP contribution in [0, 0.1) is 5.82 Å². The van der Waals surface area contributed by atoms with Crippen molar-refractivity contribution in [3.05, 3.63) is 29.6 Å². The van der Waals surface area contributed by atoms with Crippen molar-refractivity contribution in [3.63, 3.8) is 0 Å². The zero-order valence-corrected chi connectivity index (χ0v) is 12.4. The molecule has 0 aromatic heterocycles. The highest BCUT2D eigenvalue weighted by Crippen LogP contribution is 2.22. The Morgan fingerprint density at radius 3 is 2.53 bits per heavy atom. The molecule has 19 heavy (non-hydrogen) atoms. The zero-order chi connectivity index (χ0) is 14.0. The number of hydrogen-bond acceptors (Lipinski definition) is 3. The second kappa shape index (κ2) is 5.87. The van der Waals surface area contributed by atoms with Crippen LogP contribution in [0.2, 0.25) is 0 Å². The van der Waals surface area contributed by atoms with Crippen molar-refractivity contribution in [2.75, 3.05) is 24.6 Å². The molecule has 1 heterocycles. The van der Waals surface area contributed by atoms with Gasteiger partial charge in [0.15, 0.2) is 0 Å². The van der Waals surface area contributed by atoms with Crippen LogP contribution < -0.4 is 0 Å². The quantitative estimate of drug-likeness (QED) is 0.788. The minimum atomic E-state index is -3.88. The van der Waals surface area contributed by atoms with E-state index in [-0.39, 0.29) is 35.4 Å². The van der Waals surface area contributed by atoms with Crippen molar-refractivity contribution in [2.45, 2.75) is 10.8 Å². The summed E-state index contributed by atoms with van der Waals surface area (Å²) in [6, 6.07) is 3.81. The lowest BCUT2D eigenvalue weighted by molar-refractivity contribution is 0.434. The second-order valence-corrected chi connectivity index (χ2v) is 8.02. The van der Waals surface area contributed by atoms with E-state index in [1.165, 1.54) is 16.4 Å². The van der Waals surface area contributed by atoms with Gasteiger partial charge < -0.3 is 0 Å². The van der Waals surface area contributed by atoms with Gasteiger partial charge in [-0.15, -0.1) is 11.6 Å². The van der Waals surface area contributed by atoms with Gasteiger partial charge in [-0.2, -0.15) is 4.31 Å². The number of alkyl halides is 1. The molecule has 0 N–H and O–H groups in total. The van der Waals surface area contributed by atoms with Crippen molar-refractivity contribution in [1.29, 1.82) is 0 Å². The summed E-state index contributed by atoms with van der Waals surface area (Å²) >= 11 is 5.64. The van der Waals surface area contributed by atoms with E-state index in [0.29, 0.717) is 5.56 Å². The molecule has 0 spiro atoms. The van der Waals surface area contributed by atoms with Gasteiger partial charge in [0.1, 0.15) is 10.7 Å². The monoisotopic (exact) mass is 325 g/mol. The summed E-state index contributed by atoms with van der Waals surface area (Å²) in [4.78, 5) is -0.363. The Morgan fingerprint density at radius 1 is 1.32 bits per heavy atom. The van der Waals surface area contributed by atoms with E-state index in [1.54, 1.807) is 0 Å². The Balaban J connectivity index is 2.36. The molecule has 1 fully saturated rings.